The van der Waals surface area contributed by atoms with Gasteiger partial charge in [0.1, 0.15) is 17.0 Å². The van der Waals surface area contributed by atoms with Crippen LogP contribution in [0.2, 0.25) is 5.02 Å². The van der Waals surface area contributed by atoms with Gasteiger partial charge >= 0.3 is 5.69 Å². The zero-order chi connectivity index (χ0) is 32.5. The van der Waals surface area contributed by atoms with Crippen molar-refractivity contribution in [1.29, 1.82) is 0 Å². The summed E-state index contributed by atoms with van der Waals surface area (Å²) in [4.78, 5) is 39.5. The summed E-state index contributed by atoms with van der Waals surface area (Å²) in [6, 6.07) is 16.1. The van der Waals surface area contributed by atoms with Crippen LogP contribution in [0.25, 0.3) is 33.4 Å². The van der Waals surface area contributed by atoms with Gasteiger partial charge in [0.2, 0.25) is 5.88 Å². The van der Waals surface area contributed by atoms with E-state index in [4.69, 9.17) is 26.1 Å². The van der Waals surface area contributed by atoms with Gasteiger partial charge < -0.3 is 20.1 Å². The molecule has 0 unspecified atom stereocenters. The number of pyridine rings is 1. The molecule has 4 heterocycles. The standard InChI is InChI=1S/C34H36ClN7O4/c1-19-23(8-7-11-26(19)39-30-28-31(38-20(2)37-30)41(3)34(44)42(4)33(28)43)24-9-6-10-25(29(24)35)27-13-12-21(32(40-27)45-5)18-36-22-14-16-46-17-15-22/h6-13,22,36H,14-18H2,1-5H3,(H,37,38,39). The summed E-state index contributed by atoms with van der Waals surface area (Å²) in [5, 5.41) is 7.71. The van der Waals surface area contributed by atoms with Crippen molar-refractivity contribution in [3.63, 3.8) is 0 Å². The number of hydrogen-bond acceptors (Lipinski definition) is 9. The Labute approximate surface area is 271 Å². The van der Waals surface area contributed by atoms with E-state index in [-0.39, 0.29) is 11.0 Å². The fourth-order valence-electron chi connectivity index (χ4n) is 5.87. The molecule has 3 aromatic heterocycles. The molecule has 11 nitrogen and oxygen atoms in total. The number of halogens is 1. The number of rotatable bonds is 8. The van der Waals surface area contributed by atoms with Crippen LogP contribution in [0.5, 0.6) is 5.88 Å². The van der Waals surface area contributed by atoms with E-state index in [1.807, 2.05) is 55.5 Å². The molecule has 0 bridgehead atoms. The van der Waals surface area contributed by atoms with Crippen molar-refractivity contribution in [2.24, 2.45) is 14.1 Å². The molecular formula is C34H36ClN7O4. The van der Waals surface area contributed by atoms with Gasteiger partial charge in [-0.1, -0.05) is 48.0 Å². The Morgan fingerprint density at radius 2 is 1.65 bits per heavy atom. The van der Waals surface area contributed by atoms with Gasteiger partial charge in [-0.15, -0.1) is 0 Å². The summed E-state index contributed by atoms with van der Waals surface area (Å²) >= 11 is 7.11. The van der Waals surface area contributed by atoms with Crippen molar-refractivity contribution in [3.05, 3.63) is 91.3 Å². The van der Waals surface area contributed by atoms with Crippen LogP contribution in [-0.4, -0.2) is 50.5 Å². The van der Waals surface area contributed by atoms with Crippen LogP contribution in [0.1, 0.15) is 29.8 Å². The number of fused-ring (bicyclic) bond motifs is 1. The highest BCUT2D eigenvalue weighted by Crippen LogP contribution is 2.40. The summed E-state index contributed by atoms with van der Waals surface area (Å²) in [5.74, 6) is 1.30. The average Bonchev–Trinajstić information content (AvgIpc) is 3.07. The topological polar surface area (TPSA) is 125 Å². The summed E-state index contributed by atoms with van der Waals surface area (Å²) in [6.07, 6.45) is 1.97. The van der Waals surface area contributed by atoms with Crippen molar-refractivity contribution in [2.75, 3.05) is 25.6 Å². The van der Waals surface area contributed by atoms with Crippen LogP contribution in [0, 0.1) is 13.8 Å². The third-order valence-electron chi connectivity index (χ3n) is 8.50. The zero-order valence-electron chi connectivity index (χ0n) is 26.5. The van der Waals surface area contributed by atoms with E-state index in [9.17, 15) is 9.59 Å². The number of ether oxygens (including phenoxy) is 2. The van der Waals surface area contributed by atoms with Crippen molar-refractivity contribution in [2.45, 2.75) is 39.3 Å². The van der Waals surface area contributed by atoms with E-state index >= 15 is 0 Å². The molecule has 46 heavy (non-hydrogen) atoms. The molecule has 238 valence electrons. The molecule has 12 heteroatoms. The summed E-state index contributed by atoms with van der Waals surface area (Å²) < 4.78 is 13.6. The van der Waals surface area contributed by atoms with Crippen LogP contribution in [0.3, 0.4) is 0 Å². The lowest BCUT2D eigenvalue weighted by Crippen LogP contribution is -2.37. The van der Waals surface area contributed by atoms with E-state index in [2.05, 4.69) is 20.6 Å². The second-order valence-corrected chi connectivity index (χ2v) is 11.8. The molecule has 0 amide bonds. The minimum atomic E-state index is -0.474. The monoisotopic (exact) mass is 641 g/mol. The number of aromatic nitrogens is 5. The molecule has 2 aromatic carbocycles. The lowest BCUT2D eigenvalue weighted by Gasteiger charge is -2.23. The van der Waals surface area contributed by atoms with Crippen LogP contribution >= 0.6 is 11.6 Å². The maximum atomic E-state index is 13.2. The first kappa shape index (κ1) is 31.4. The molecule has 1 aliphatic rings. The van der Waals surface area contributed by atoms with Gasteiger partial charge in [0.15, 0.2) is 5.65 Å². The highest BCUT2D eigenvalue weighted by atomic mass is 35.5. The van der Waals surface area contributed by atoms with E-state index < -0.39 is 11.2 Å². The van der Waals surface area contributed by atoms with Crippen LogP contribution in [0.15, 0.2) is 58.1 Å². The smallest absolute Gasteiger partial charge is 0.332 e. The maximum absolute atomic E-state index is 13.2. The molecule has 2 N–H and O–H groups in total. The predicted molar refractivity (Wildman–Crippen MR) is 180 cm³/mol. The van der Waals surface area contributed by atoms with Crippen molar-refractivity contribution >= 4 is 34.1 Å². The molecule has 0 atom stereocenters. The van der Waals surface area contributed by atoms with Gasteiger partial charge in [-0.2, -0.15) is 0 Å². The maximum Gasteiger partial charge on any atom is 0.332 e. The van der Waals surface area contributed by atoms with Crippen LogP contribution in [0.4, 0.5) is 11.5 Å². The van der Waals surface area contributed by atoms with Crippen molar-refractivity contribution in [1.82, 2.24) is 29.4 Å². The second kappa shape index (κ2) is 13.0. The Bertz CT molecular complexity index is 2070. The second-order valence-electron chi connectivity index (χ2n) is 11.4. The van der Waals surface area contributed by atoms with Gasteiger partial charge in [-0.05, 0) is 49.9 Å². The van der Waals surface area contributed by atoms with E-state index in [0.717, 1.165) is 64.1 Å². The van der Waals surface area contributed by atoms with Gasteiger partial charge in [-0.25, -0.2) is 19.7 Å². The fourth-order valence-corrected chi connectivity index (χ4v) is 6.20. The summed E-state index contributed by atoms with van der Waals surface area (Å²) in [5.41, 5.74) is 5.15. The Balaban J connectivity index is 1.34. The molecule has 1 aliphatic heterocycles. The first-order valence-corrected chi connectivity index (χ1v) is 15.5. The number of nitrogens with zero attached hydrogens (tertiary/aromatic N) is 5. The molecule has 0 spiro atoms. The number of benzene rings is 2. The van der Waals surface area contributed by atoms with Crippen molar-refractivity contribution < 1.29 is 9.47 Å². The number of methoxy groups -OCH3 is 1. The van der Waals surface area contributed by atoms with E-state index in [1.165, 1.54) is 11.6 Å². The van der Waals surface area contributed by atoms with Gasteiger partial charge in [-0.3, -0.25) is 13.9 Å². The number of nitrogens with one attached hydrogen (secondary N) is 2. The molecule has 0 radical (unpaired) electrons. The van der Waals surface area contributed by atoms with Gasteiger partial charge in [0.25, 0.3) is 5.56 Å². The number of aryl methyl sites for hydroxylation is 2. The highest BCUT2D eigenvalue weighted by molar-refractivity contribution is 6.36. The molecular weight excluding hydrogens is 606 g/mol. The minimum absolute atomic E-state index is 0.228. The molecule has 1 saturated heterocycles. The first-order chi connectivity index (χ1) is 22.2. The largest absolute Gasteiger partial charge is 0.481 e. The Morgan fingerprint density at radius 1 is 0.935 bits per heavy atom. The SMILES string of the molecule is COc1nc(-c2cccc(-c3cccc(Nc4nc(C)nc5c4c(=O)n(C)c(=O)n5C)c3C)c2Cl)ccc1CNC1CCOCC1. The average molecular weight is 642 g/mol. The lowest BCUT2D eigenvalue weighted by molar-refractivity contribution is 0.0775. The number of anilines is 2. The van der Waals surface area contributed by atoms with Crippen LogP contribution in [-0.2, 0) is 25.4 Å². The normalized spacial score (nSPS) is 13.7. The first-order valence-electron chi connectivity index (χ1n) is 15.1. The Kier molecular flexibility index (Phi) is 8.90. The fraction of sp³-hybridized carbons (Fsp3) is 0.324. The van der Waals surface area contributed by atoms with Crippen LogP contribution < -0.4 is 26.6 Å². The molecule has 1 fully saturated rings. The Hall–Kier alpha value is -4.58. The molecule has 5 aromatic rings. The summed E-state index contributed by atoms with van der Waals surface area (Å²) in [6.45, 7) is 5.90. The summed E-state index contributed by atoms with van der Waals surface area (Å²) in [7, 11) is 4.65. The zero-order valence-corrected chi connectivity index (χ0v) is 27.2. The van der Waals surface area contributed by atoms with Crippen molar-refractivity contribution in [3.8, 4) is 28.3 Å². The lowest BCUT2D eigenvalue weighted by atomic mass is 9.96. The quantitative estimate of drug-likeness (QED) is 0.240. The molecule has 0 aliphatic carbocycles. The molecule has 6 rings (SSSR count). The van der Waals surface area contributed by atoms with E-state index in [0.29, 0.717) is 40.8 Å². The minimum Gasteiger partial charge on any atom is -0.481 e. The molecule has 0 saturated carbocycles. The highest BCUT2D eigenvalue weighted by Gasteiger charge is 2.20. The van der Waals surface area contributed by atoms with E-state index in [1.54, 1.807) is 21.1 Å². The number of hydrogen-bond donors (Lipinski definition) is 2. The third-order valence-corrected chi connectivity index (χ3v) is 8.91. The van der Waals surface area contributed by atoms with Gasteiger partial charge in [0.05, 0.1) is 17.8 Å². The van der Waals surface area contributed by atoms with Gasteiger partial charge in [0, 0.05) is 62.3 Å². The third kappa shape index (κ3) is 5.89. The predicted octanol–water partition coefficient (Wildman–Crippen LogP) is 5.05. The Morgan fingerprint density at radius 3 is 2.41 bits per heavy atom.